The molecule has 0 bridgehead atoms. The zero-order valence-electron chi connectivity index (χ0n) is 8.18. The number of nitrogens with one attached hydrogen (secondary N) is 2. The maximum Gasteiger partial charge on any atom is 0.299 e. The van der Waals surface area contributed by atoms with Crippen LogP contribution in [0.2, 0.25) is 0 Å². The summed E-state index contributed by atoms with van der Waals surface area (Å²) in [4.78, 5) is 3.38. The van der Waals surface area contributed by atoms with Crippen molar-refractivity contribution >= 4 is 15.7 Å². The van der Waals surface area contributed by atoms with Gasteiger partial charge in [-0.1, -0.05) is 6.07 Å². The summed E-state index contributed by atoms with van der Waals surface area (Å²) in [7, 11) is -4.20. The summed E-state index contributed by atoms with van der Waals surface area (Å²) in [6, 6.07) is 2.98. The van der Waals surface area contributed by atoms with Gasteiger partial charge in [0.25, 0.3) is 15.2 Å². The molecule has 0 atom stereocenters. The zero-order valence-corrected chi connectivity index (χ0v) is 9.00. The molecule has 0 radical (unpaired) electrons. The summed E-state index contributed by atoms with van der Waals surface area (Å²) < 4.78 is 51.3. The number of sulfonamides is 1. The number of hydrogen-bond acceptors (Lipinski definition) is 4. The van der Waals surface area contributed by atoms with E-state index in [1.165, 1.54) is 0 Å². The summed E-state index contributed by atoms with van der Waals surface area (Å²) in [5, 5.41) is 4.90. The fraction of sp³-hybridized carbons (Fsp3) is 0. The lowest BCUT2D eigenvalue weighted by Crippen LogP contribution is -2.16. The molecule has 0 amide bonds. The molecule has 1 aromatic carbocycles. The predicted octanol–water partition coefficient (Wildman–Crippen LogP) is 0.884. The Bertz CT molecular complexity index is 607. The molecule has 1 heterocycles. The van der Waals surface area contributed by atoms with E-state index in [9.17, 15) is 17.2 Å². The van der Waals surface area contributed by atoms with Gasteiger partial charge in [-0.25, -0.2) is 13.8 Å². The van der Waals surface area contributed by atoms with Gasteiger partial charge in [0.2, 0.25) is 0 Å². The molecule has 0 saturated carbocycles. The van der Waals surface area contributed by atoms with E-state index in [1.807, 2.05) is 0 Å². The SMILES string of the molecule is O=S(=O)(Nc1c(F)cccc1F)c1nc[nH]n1. The van der Waals surface area contributed by atoms with Crippen molar-refractivity contribution in [2.45, 2.75) is 5.16 Å². The minimum Gasteiger partial charge on any atom is -0.271 e. The second kappa shape index (κ2) is 4.09. The first-order chi connectivity index (χ1) is 8.00. The Morgan fingerprint density at radius 2 is 1.88 bits per heavy atom. The summed E-state index contributed by atoms with van der Waals surface area (Å²) >= 11 is 0. The number of anilines is 1. The highest BCUT2D eigenvalue weighted by atomic mass is 32.2. The van der Waals surface area contributed by atoms with Gasteiger partial charge in [0, 0.05) is 0 Å². The number of aromatic amines is 1. The summed E-state index contributed by atoms with van der Waals surface area (Å²) in [5.41, 5.74) is -0.766. The smallest absolute Gasteiger partial charge is 0.271 e. The predicted molar refractivity (Wildman–Crippen MR) is 53.5 cm³/mol. The van der Waals surface area contributed by atoms with Crippen LogP contribution in [0.15, 0.2) is 29.7 Å². The number of aromatic nitrogens is 3. The first kappa shape index (κ1) is 11.5. The van der Waals surface area contributed by atoms with E-state index in [1.54, 1.807) is 4.72 Å². The number of rotatable bonds is 3. The summed E-state index contributed by atoms with van der Waals surface area (Å²) in [5.74, 6) is -2.05. The van der Waals surface area contributed by atoms with Crippen LogP contribution in [0.1, 0.15) is 0 Å². The molecule has 6 nitrogen and oxygen atoms in total. The fourth-order valence-electron chi connectivity index (χ4n) is 1.10. The third kappa shape index (κ3) is 2.23. The van der Waals surface area contributed by atoms with E-state index >= 15 is 0 Å². The lowest BCUT2D eigenvalue weighted by atomic mass is 10.3. The Labute approximate surface area is 94.7 Å². The molecule has 2 rings (SSSR count). The van der Waals surface area contributed by atoms with Gasteiger partial charge >= 0.3 is 0 Å². The van der Waals surface area contributed by atoms with Crippen molar-refractivity contribution in [1.82, 2.24) is 15.2 Å². The Morgan fingerprint density at radius 1 is 1.24 bits per heavy atom. The van der Waals surface area contributed by atoms with Crippen molar-refractivity contribution in [3.63, 3.8) is 0 Å². The fourth-order valence-corrected chi connectivity index (χ4v) is 2.02. The molecule has 17 heavy (non-hydrogen) atoms. The highest BCUT2D eigenvalue weighted by molar-refractivity contribution is 7.92. The zero-order chi connectivity index (χ0) is 12.5. The van der Waals surface area contributed by atoms with Gasteiger partial charge in [0.05, 0.1) is 0 Å². The number of halogens is 2. The standard InChI is InChI=1S/C8H6F2N4O2S/c9-5-2-1-3-6(10)7(5)14-17(15,16)8-11-4-12-13-8/h1-4,14H,(H,11,12,13). The monoisotopic (exact) mass is 260 g/mol. The molecule has 0 spiro atoms. The topological polar surface area (TPSA) is 87.7 Å². The quantitative estimate of drug-likeness (QED) is 0.857. The van der Waals surface area contributed by atoms with Crippen LogP contribution in [-0.2, 0) is 10.0 Å². The van der Waals surface area contributed by atoms with Gasteiger partial charge in [-0.15, -0.1) is 5.10 Å². The van der Waals surface area contributed by atoms with Crippen LogP contribution in [0.5, 0.6) is 0 Å². The second-order valence-corrected chi connectivity index (χ2v) is 4.56. The highest BCUT2D eigenvalue weighted by Gasteiger charge is 2.21. The van der Waals surface area contributed by atoms with Crippen LogP contribution in [0.3, 0.4) is 0 Å². The van der Waals surface area contributed by atoms with Crippen molar-refractivity contribution < 1.29 is 17.2 Å². The molecule has 2 N–H and O–H groups in total. The Hall–Kier alpha value is -2.03. The van der Waals surface area contributed by atoms with E-state index in [0.717, 1.165) is 24.5 Å². The minimum absolute atomic E-state index is 0.597. The van der Waals surface area contributed by atoms with Crippen molar-refractivity contribution in [3.8, 4) is 0 Å². The van der Waals surface area contributed by atoms with Gasteiger partial charge in [-0.3, -0.25) is 9.82 Å². The van der Waals surface area contributed by atoms with Crippen molar-refractivity contribution in [2.24, 2.45) is 0 Å². The highest BCUT2D eigenvalue weighted by Crippen LogP contribution is 2.20. The van der Waals surface area contributed by atoms with E-state index in [4.69, 9.17) is 0 Å². The maximum absolute atomic E-state index is 13.2. The molecule has 1 aromatic heterocycles. The molecule has 0 unspecified atom stereocenters. The minimum atomic E-state index is -4.20. The van der Waals surface area contributed by atoms with Gasteiger partial charge in [-0.2, -0.15) is 8.42 Å². The largest absolute Gasteiger partial charge is 0.299 e. The van der Waals surface area contributed by atoms with E-state index in [-0.39, 0.29) is 0 Å². The van der Waals surface area contributed by atoms with Crippen molar-refractivity contribution in [3.05, 3.63) is 36.2 Å². The van der Waals surface area contributed by atoms with E-state index in [2.05, 4.69) is 15.2 Å². The van der Waals surface area contributed by atoms with Crippen LogP contribution in [0.25, 0.3) is 0 Å². The Kier molecular flexibility index (Phi) is 2.76. The lowest BCUT2D eigenvalue weighted by Gasteiger charge is -2.06. The average Bonchev–Trinajstić information content (AvgIpc) is 2.77. The first-order valence-electron chi connectivity index (χ1n) is 4.33. The number of benzene rings is 1. The number of para-hydroxylation sites is 1. The van der Waals surface area contributed by atoms with Gasteiger partial charge in [-0.05, 0) is 12.1 Å². The second-order valence-electron chi connectivity index (χ2n) is 2.98. The van der Waals surface area contributed by atoms with Crippen LogP contribution < -0.4 is 4.72 Å². The molecule has 90 valence electrons. The molecule has 0 aliphatic carbocycles. The molecule has 2 aromatic rings. The van der Waals surface area contributed by atoms with Crippen molar-refractivity contribution in [1.29, 1.82) is 0 Å². The third-order valence-electron chi connectivity index (χ3n) is 1.83. The molecule has 0 saturated heterocycles. The Morgan fingerprint density at radius 3 is 2.41 bits per heavy atom. The molecule has 0 fully saturated rings. The molecule has 9 heteroatoms. The lowest BCUT2D eigenvalue weighted by molar-refractivity contribution is 0.579. The third-order valence-corrected chi connectivity index (χ3v) is 2.98. The van der Waals surface area contributed by atoms with Crippen LogP contribution >= 0.6 is 0 Å². The van der Waals surface area contributed by atoms with E-state index < -0.39 is 32.5 Å². The number of hydrogen-bond donors (Lipinski definition) is 2. The molecular formula is C8H6F2N4O2S. The van der Waals surface area contributed by atoms with Gasteiger partial charge in [0.15, 0.2) is 0 Å². The first-order valence-corrected chi connectivity index (χ1v) is 5.81. The van der Waals surface area contributed by atoms with Gasteiger partial charge in [0.1, 0.15) is 23.6 Å². The maximum atomic E-state index is 13.2. The molecule has 0 aliphatic rings. The van der Waals surface area contributed by atoms with Crippen molar-refractivity contribution in [2.75, 3.05) is 4.72 Å². The van der Waals surface area contributed by atoms with Gasteiger partial charge < -0.3 is 0 Å². The van der Waals surface area contributed by atoms with Crippen LogP contribution in [0, 0.1) is 11.6 Å². The normalized spacial score (nSPS) is 11.4. The Balaban J connectivity index is 2.40. The molecular weight excluding hydrogens is 254 g/mol. The van der Waals surface area contributed by atoms with Crippen LogP contribution in [-0.4, -0.2) is 23.6 Å². The molecule has 0 aliphatic heterocycles. The number of H-pyrrole nitrogens is 1. The van der Waals surface area contributed by atoms with E-state index in [0.29, 0.717) is 0 Å². The summed E-state index contributed by atoms with van der Waals surface area (Å²) in [6.07, 6.45) is 1.03. The number of nitrogens with zero attached hydrogens (tertiary/aromatic N) is 2. The van der Waals surface area contributed by atoms with Crippen LogP contribution in [0.4, 0.5) is 14.5 Å². The summed E-state index contributed by atoms with van der Waals surface area (Å²) in [6.45, 7) is 0. The average molecular weight is 260 g/mol.